The van der Waals surface area contributed by atoms with Crippen LogP contribution in [-0.4, -0.2) is 42.3 Å². The number of amides is 1. The summed E-state index contributed by atoms with van der Waals surface area (Å²) < 4.78 is 5.40. The molecule has 4 heteroatoms. The van der Waals surface area contributed by atoms with Crippen molar-refractivity contribution in [3.8, 4) is 0 Å². The SMILES string of the molecule is CCCNC(C)C1CCN(C(=O)OC(C)(C)C)C1. The van der Waals surface area contributed by atoms with Gasteiger partial charge in [0.2, 0.25) is 0 Å². The van der Waals surface area contributed by atoms with Gasteiger partial charge >= 0.3 is 6.09 Å². The van der Waals surface area contributed by atoms with Gasteiger partial charge < -0.3 is 15.0 Å². The molecule has 0 radical (unpaired) electrons. The van der Waals surface area contributed by atoms with Gasteiger partial charge in [-0.15, -0.1) is 0 Å². The minimum Gasteiger partial charge on any atom is -0.444 e. The third-order valence-electron chi connectivity index (χ3n) is 3.30. The third kappa shape index (κ3) is 4.84. The Morgan fingerprint density at radius 3 is 2.72 bits per heavy atom. The molecule has 2 atom stereocenters. The summed E-state index contributed by atoms with van der Waals surface area (Å²) in [6.07, 6.45) is 2.04. The average Bonchev–Trinajstić information content (AvgIpc) is 2.72. The molecule has 0 aromatic carbocycles. The number of hydrogen-bond acceptors (Lipinski definition) is 3. The van der Waals surface area contributed by atoms with Crippen LogP contribution in [0.2, 0.25) is 0 Å². The van der Waals surface area contributed by atoms with E-state index in [9.17, 15) is 4.79 Å². The monoisotopic (exact) mass is 256 g/mol. The van der Waals surface area contributed by atoms with Crippen molar-refractivity contribution in [1.82, 2.24) is 10.2 Å². The summed E-state index contributed by atoms with van der Waals surface area (Å²) in [5.74, 6) is 0.545. The maximum absolute atomic E-state index is 11.9. The molecule has 1 N–H and O–H groups in total. The van der Waals surface area contributed by atoms with E-state index >= 15 is 0 Å². The topological polar surface area (TPSA) is 41.6 Å². The first-order valence-corrected chi connectivity index (χ1v) is 7.04. The highest BCUT2D eigenvalue weighted by atomic mass is 16.6. The van der Waals surface area contributed by atoms with Gasteiger partial charge in [-0.3, -0.25) is 0 Å². The van der Waals surface area contributed by atoms with Crippen molar-refractivity contribution in [1.29, 1.82) is 0 Å². The molecule has 1 saturated heterocycles. The molecule has 0 bridgehead atoms. The van der Waals surface area contributed by atoms with Gasteiger partial charge in [-0.25, -0.2) is 4.79 Å². The van der Waals surface area contributed by atoms with Crippen LogP contribution in [0.1, 0.15) is 47.5 Å². The van der Waals surface area contributed by atoms with Crippen LogP contribution in [0.3, 0.4) is 0 Å². The Kier molecular flexibility index (Phi) is 5.45. The van der Waals surface area contributed by atoms with Gasteiger partial charge in [0.25, 0.3) is 0 Å². The molecule has 0 saturated carbocycles. The Balaban J connectivity index is 2.38. The predicted molar refractivity (Wildman–Crippen MR) is 73.7 cm³/mol. The maximum atomic E-state index is 11.9. The van der Waals surface area contributed by atoms with Crippen LogP contribution >= 0.6 is 0 Å². The van der Waals surface area contributed by atoms with Gasteiger partial charge in [-0.2, -0.15) is 0 Å². The van der Waals surface area contributed by atoms with Crippen molar-refractivity contribution in [2.45, 2.75) is 59.1 Å². The Morgan fingerprint density at radius 2 is 2.17 bits per heavy atom. The summed E-state index contributed by atoms with van der Waals surface area (Å²) in [5, 5.41) is 3.50. The molecule has 1 amide bonds. The lowest BCUT2D eigenvalue weighted by Crippen LogP contribution is -2.38. The number of rotatable bonds is 4. The first-order chi connectivity index (χ1) is 8.33. The summed E-state index contributed by atoms with van der Waals surface area (Å²) in [5.41, 5.74) is -0.402. The summed E-state index contributed by atoms with van der Waals surface area (Å²) >= 11 is 0. The highest BCUT2D eigenvalue weighted by Gasteiger charge is 2.32. The second kappa shape index (κ2) is 6.41. The van der Waals surface area contributed by atoms with Gasteiger partial charge in [-0.1, -0.05) is 6.92 Å². The van der Waals surface area contributed by atoms with Crippen LogP contribution in [0.4, 0.5) is 4.79 Å². The fraction of sp³-hybridized carbons (Fsp3) is 0.929. The van der Waals surface area contributed by atoms with Crippen molar-refractivity contribution in [2.24, 2.45) is 5.92 Å². The molecule has 0 spiro atoms. The molecular weight excluding hydrogens is 228 g/mol. The van der Waals surface area contributed by atoms with E-state index in [1.54, 1.807) is 0 Å². The first kappa shape index (κ1) is 15.3. The second-order valence-corrected chi connectivity index (χ2v) is 6.22. The minimum absolute atomic E-state index is 0.173. The molecule has 1 aliphatic heterocycles. The highest BCUT2D eigenvalue weighted by molar-refractivity contribution is 5.68. The van der Waals surface area contributed by atoms with Crippen LogP contribution < -0.4 is 5.32 Å². The summed E-state index contributed by atoms with van der Waals surface area (Å²) in [4.78, 5) is 13.8. The molecule has 0 aromatic rings. The molecule has 0 aromatic heterocycles. The predicted octanol–water partition coefficient (Wildman–Crippen LogP) is 2.63. The Bertz CT molecular complexity index is 273. The van der Waals surface area contributed by atoms with E-state index < -0.39 is 5.60 Å². The normalized spacial score (nSPS) is 22.1. The Labute approximate surface area is 111 Å². The molecule has 0 aliphatic carbocycles. The fourth-order valence-corrected chi connectivity index (χ4v) is 2.23. The smallest absolute Gasteiger partial charge is 0.410 e. The largest absolute Gasteiger partial charge is 0.444 e. The number of nitrogens with one attached hydrogen (secondary N) is 1. The lowest BCUT2D eigenvalue weighted by molar-refractivity contribution is 0.0286. The Hall–Kier alpha value is -0.770. The number of carbonyl (C=O) groups is 1. The molecule has 18 heavy (non-hydrogen) atoms. The van der Waals surface area contributed by atoms with Crippen molar-refractivity contribution < 1.29 is 9.53 Å². The molecule has 1 heterocycles. The Morgan fingerprint density at radius 1 is 1.50 bits per heavy atom. The lowest BCUT2D eigenvalue weighted by atomic mass is 10.0. The second-order valence-electron chi connectivity index (χ2n) is 6.22. The molecule has 4 nitrogen and oxygen atoms in total. The van der Waals surface area contributed by atoms with Crippen LogP contribution in [-0.2, 0) is 4.74 Å². The number of hydrogen-bond donors (Lipinski definition) is 1. The zero-order valence-electron chi connectivity index (χ0n) is 12.5. The fourth-order valence-electron chi connectivity index (χ4n) is 2.23. The van der Waals surface area contributed by atoms with Crippen molar-refractivity contribution in [3.05, 3.63) is 0 Å². The van der Waals surface area contributed by atoms with E-state index in [0.29, 0.717) is 12.0 Å². The van der Waals surface area contributed by atoms with E-state index in [2.05, 4.69) is 19.2 Å². The standard InChI is InChI=1S/C14H28N2O2/c1-6-8-15-11(2)12-7-9-16(10-12)13(17)18-14(3,4)5/h11-12,15H,6-10H2,1-5H3. The first-order valence-electron chi connectivity index (χ1n) is 7.04. The number of nitrogens with zero attached hydrogens (tertiary/aromatic N) is 1. The van der Waals surface area contributed by atoms with E-state index in [-0.39, 0.29) is 6.09 Å². The van der Waals surface area contributed by atoms with Crippen molar-refractivity contribution in [3.63, 3.8) is 0 Å². The van der Waals surface area contributed by atoms with Gasteiger partial charge in [0.1, 0.15) is 5.60 Å². The highest BCUT2D eigenvalue weighted by Crippen LogP contribution is 2.22. The number of ether oxygens (including phenoxy) is 1. The van der Waals surface area contributed by atoms with Crippen LogP contribution in [0, 0.1) is 5.92 Å². The lowest BCUT2D eigenvalue weighted by Gasteiger charge is -2.25. The van der Waals surface area contributed by atoms with Crippen LogP contribution in [0.25, 0.3) is 0 Å². The quantitative estimate of drug-likeness (QED) is 0.840. The van der Waals surface area contributed by atoms with Crippen molar-refractivity contribution in [2.75, 3.05) is 19.6 Å². The number of carbonyl (C=O) groups excluding carboxylic acids is 1. The van der Waals surface area contributed by atoms with Gasteiger partial charge in [0, 0.05) is 19.1 Å². The van der Waals surface area contributed by atoms with Crippen molar-refractivity contribution >= 4 is 6.09 Å². The van der Waals surface area contributed by atoms with Crippen LogP contribution in [0.5, 0.6) is 0 Å². The average molecular weight is 256 g/mol. The molecule has 2 unspecified atom stereocenters. The zero-order chi connectivity index (χ0) is 13.8. The minimum atomic E-state index is -0.402. The van der Waals surface area contributed by atoms with Gasteiger partial charge in [0.05, 0.1) is 0 Å². The van der Waals surface area contributed by atoms with E-state index in [4.69, 9.17) is 4.74 Å². The third-order valence-corrected chi connectivity index (χ3v) is 3.30. The zero-order valence-corrected chi connectivity index (χ0v) is 12.5. The van der Waals surface area contributed by atoms with E-state index in [0.717, 1.165) is 32.5 Å². The van der Waals surface area contributed by atoms with E-state index in [1.807, 2.05) is 25.7 Å². The maximum Gasteiger partial charge on any atom is 0.410 e. The summed E-state index contributed by atoms with van der Waals surface area (Å²) in [7, 11) is 0. The van der Waals surface area contributed by atoms with Gasteiger partial charge in [-0.05, 0) is 53.0 Å². The molecule has 1 aliphatic rings. The molecule has 1 fully saturated rings. The number of likely N-dealkylation sites (tertiary alicyclic amines) is 1. The van der Waals surface area contributed by atoms with Gasteiger partial charge in [0.15, 0.2) is 0 Å². The van der Waals surface area contributed by atoms with Crippen LogP contribution in [0.15, 0.2) is 0 Å². The summed E-state index contributed by atoms with van der Waals surface area (Å²) in [6, 6.07) is 0.470. The van der Waals surface area contributed by atoms with E-state index in [1.165, 1.54) is 0 Å². The molecule has 106 valence electrons. The molecule has 1 rings (SSSR count). The summed E-state index contributed by atoms with van der Waals surface area (Å²) in [6.45, 7) is 12.8. The molecular formula is C14H28N2O2.